The third-order valence-electron chi connectivity index (χ3n) is 4.98. The fourth-order valence-corrected chi connectivity index (χ4v) is 3.67. The van der Waals surface area contributed by atoms with Gasteiger partial charge in [0.2, 0.25) is 0 Å². The van der Waals surface area contributed by atoms with Crippen LogP contribution >= 0.6 is 0 Å². The molecule has 1 aromatic heterocycles. The SMILES string of the molecule is CN1CCC(N2C=CCc3ncn(Cc4ccccc4)c32)CC1. The summed E-state index contributed by atoms with van der Waals surface area (Å²) in [7, 11) is 2.22. The van der Waals surface area contributed by atoms with E-state index in [2.05, 4.69) is 69.0 Å². The van der Waals surface area contributed by atoms with Crippen molar-refractivity contribution in [1.82, 2.24) is 14.5 Å². The molecule has 2 aliphatic heterocycles. The monoisotopic (exact) mass is 308 g/mol. The van der Waals surface area contributed by atoms with Crippen LogP contribution in [0.15, 0.2) is 48.9 Å². The van der Waals surface area contributed by atoms with Crippen LogP contribution in [0, 0.1) is 0 Å². The van der Waals surface area contributed by atoms with Gasteiger partial charge in [-0.05, 0) is 38.5 Å². The summed E-state index contributed by atoms with van der Waals surface area (Å²) < 4.78 is 2.31. The van der Waals surface area contributed by atoms with Crippen molar-refractivity contribution in [2.75, 3.05) is 25.0 Å². The van der Waals surface area contributed by atoms with Crippen molar-refractivity contribution in [3.63, 3.8) is 0 Å². The van der Waals surface area contributed by atoms with Gasteiger partial charge in [-0.1, -0.05) is 36.4 Å². The molecule has 1 saturated heterocycles. The molecule has 0 amide bonds. The normalized spacial score (nSPS) is 19.1. The molecular weight excluding hydrogens is 284 g/mol. The quantitative estimate of drug-likeness (QED) is 0.871. The molecule has 4 heteroatoms. The number of benzene rings is 1. The molecule has 0 saturated carbocycles. The molecule has 23 heavy (non-hydrogen) atoms. The number of aromatic nitrogens is 2. The maximum atomic E-state index is 4.67. The van der Waals surface area contributed by atoms with E-state index < -0.39 is 0 Å². The summed E-state index contributed by atoms with van der Waals surface area (Å²) in [5.74, 6) is 1.30. The van der Waals surface area contributed by atoms with Gasteiger partial charge < -0.3 is 14.4 Å². The molecule has 120 valence electrons. The Hall–Kier alpha value is -2.07. The average molecular weight is 308 g/mol. The van der Waals surface area contributed by atoms with E-state index in [0.717, 1.165) is 13.0 Å². The molecular formula is C19H24N4. The Morgan fingerprint density at radius 2 is 1.91 bits per heavy atom. The van der Waals surface area contributed by atoms with Crippen LogP contribution in [-0.4, -0.2) is 40.6 Å². The number of likely N-dealkylation sites (tertiary alicyclic amines) is 1. The van der Waals surface area contributed by atoms with E-state index in [4.69, 9.17) is 0 Å². The number of nitrogens with zero attached hydrogens (tertiary/aromatic N) is 4. The molecule has 0 unspecified atom stereocenters. The van der Waals surface area contributed by atoms with Crippen molar-refractivity contribution in [1.29, 1.82) is 0 Å². The van der Waals surface area contributed by atoms with Gasteiger partial charge in [0.25, 0.3) is 0 Å². The van der Waals surface area contributed by atoms with Crippen LogP contribution in [0.5, 0.6) is 0 Å². The molecule has 0 spiro atoms. The Balaban J connectivity index is 1.61. The summed E-state index contributed by atoms with van der Waals surface area (Å²) in [4.78, 5) is 9.57. The highest BCUT2D eigenvalue weighted by Gasteiger charge is 2.28. The van der Waals surface area contributed by atoms with Crippen molar-refractivity contribution >= 4 is 5.82 Å². The molecule has 4 nitrogen and oxygen atoms in total. The van der Waals surface area contributed by atoms with Gasteiger partial charge in [0.15, 0.2) is 0 Å². The van der Waals surface area contributed by atoms with Crippen LogP contribution in [-0.2, 0) is 13.0 Å². The number of allylic oxidation sites excluding steroid dienone is 1. The first-order valence-electron chi connectivity index (χ1n) is 8.53. The van der Waals surface area contributed by atoms with E-state index in [1.165, 1.54) is 43.0 Å². The summed E-state index contributed by atoms with van der Waals surface area (Å²) in [5, 5.41) is 0. The van der Waals surface area contributed by atoms with Crippen LogP contribution in [0.4, 0.5) is 5.82 Å². The maximum absolute atomic E-state index is 4.67. The second-order valence-electron chi connectivity index (χ2n) is 6.66. The van der Waals surface area contributed by atoms with Crippen LogP contribution in [0.1, 0.15) is 24.1 Å². The van der Waals surface area contributed by atoms with E-state index in [9.17, 15) is 0 Å². The van der Waals surface area contributed by atoms with Gasteiger partial charge in [-0.25, -0.2) is 4.98 Å². The number of piperidine rings is 1. The van der Waals surface area contributed by atoms with Crippen LogP contribution in [0.25, 0.3) is 0 Å². The van der Waals surface area contributed by atoms with Gasteiger partial charge in [-0.3, -0.25) is 0 Å². The van der Waals surface area contributed by atoms with E-state index in [1.54, 1.807) is 0 Å². The molecule has 1 aromatic carbocycles. The Morgan fingerprint density at radius 3 is 2.70 bits per heavy atom. The average Bonchev–Trinajstić information content (AvgIpc) is 3.00. The van der Waals surface area contributed by atoms with Crippen molar-refractivity contribution in [2.45, 2.75) is 31.8 Å². The zero-order valence-corrected chi connectivity index (χ0v) is 13.7. The van der Waals surface area contributed by atoms with Crippen molar-refractivity contribution in [3.05, 3.63) is 60.2 Å². The third kappa shape index (κ3) is 2.91. The smallest absolute Gasteiger partial charge is 0.136 e. The maximum Gasteiger partial charge on any atom is 0.136 e. The van der Waals surface area contributed by atoms with Crippen molar-refractivity contribution < 1.29 is 0 Å². The first-order chi connectivity index (χ1) is 11.3. The highest BCUT2D eigenvalue weighted by atomic mass is 15.3. The van der Waals surface area contributed by atoms with Gasteiger partial charge in [-0.15, -0.1) is 0 Å². The van der Waals surface area contributed by atoms with E-state index in [1.807, 2.05) is 6.33 Å². The first-order valence-corrected chi connectivity index (χ1v) is 8.53. The van der Waals surface area contributed by atoms with Crippen LogP contribution in [0.2, 0.25) is 0 Å². The number of fused-ring (bicyclic) bond motifs is 1. The predicted octanol–water partition coefficient (Wildman–Crippen LogP) is 2.90. The van der Waals surface area contributed by atoms with Gasteiger partial charge in [0.1, 0.15) is 5.82 Å². The van der Waals surface area contributed by atoms with Crippen LogP contribution < -0.4 is 4.90 Å². The molecule has 3 heterocycles. The number of anilines is 1. The number of rotatable bonds is 3. The Bertz CT molecular complexity index is 681. The lowest BCUT2D eigenvalue weighted by Gasteiger charge is -2.38. The number of hydrogen-bond acceptors (Lipinski definition) is 3. The summed E-state index contributed by atoms with van der Waals surface area (Å²) in [5.41, 5.74) is 2.54. The molecule has 0 bridgehead atoms. The fraction of sp³-hybridized carbons (Fsp3) is 0.421. The van der Waals surface area contributed by atoms with E-state index in [0.29, 0.717) is 6.04 Å². The molecule has 0 aliphatic carbocycles. The van der Waals surface area contributed by atoms with E-state index in [-0.39, 0.29) is 0 Å². The molecule has 0 radical (unpaired) electrons. The van der Waals surface area contributed by atoms with E-state index >= 15 is 0 Å². The summed E-state index contributed by atoms with van der Waals surface area (Å²) in [6.07, 6.45) is 9.92. The minimum absolute atomic E-state index is 0.590. The molecule has 0 N–H and O–H groups in total. The topological polar surface area (TPSA) is 24.3 Å². The Labute approximate surface area is 138 Å². The highest BCUT2D eigenvalue weighted by Crippen LogP contribution is 2.30. The summed E-state index contributed by atoms with van der Waals surface area (Å²) in [6, 6.07) is 11.2. The summed E-state index contributed by atoms with van der Waals surface area (Å²) in [6.45, 7) is 3.24. The Morgan fingerprint density at radius 1 is 1.13 bits per heavy atom. The number of hydrogen-bond donors (Lipinski definition) is 0. The first kappa shape index (κ1) is 14.5. The standard InChI is InChI=1S/C19H24N4/c1-21-12-9-17(10-13-21)23-11-5-8-18-19(23)22(15-20-18)14-16-6-3-2-4-7-16/h2-7,11,15,17H,8-10,12-14H2,1H3. The van der Waals surface area contributed by atoms with Crippen LogP contribution in [0.3, 0.4) is 0 Å². The van der Waals surface area contributed by atoms with Gasteiger partial charge in [0.05, 0.1) is 18.6 Å². The Kier molecular flexibility index (Phi) is 3.92. The zero-order valence-electron chi connectivity index (χ0n) is 13.7. The lowest BCUT2D eigenvalue weighted by atomic mass is 10.0. The number of imidazole rings is 1. The molecule has 0 atom stereocenters. The van der Waals surface area contributed by atoms with Gasteiger partial charge in [0, 0.05) is 18.7 Å². The van der Waals surface area contributed by atoms with Crippen molar-refractivity contribution in [3.8, 4) is 0 Å². The molecule has 2 aliphatic rings. The third-order valence-corrected chi connectivity index (χ3v) is 4.98. The van der Waals surface area contributed by atoms with Gasteiger partial charge >= 0.3 is 0 Å². The largest absolute Gasteiger partial charge is 0.330 e. The molecule has 1 fully saturated rings. The second kappa shape index (κ2) is 6.20. The summed E-state index contributed by atoms with van der Waals surface area (Å²) >= 11 is 0. The molecule has 4 rings (SSSR count). The lowest BCUT2D eigenvalue weighted by Crippen LogP contribution is -2.43. The van der Waals surface area contributed by atoms with Gasteiger partial charge in [-0.2, -0.15) is 0 Å². The predicted molar refractivity (Wildman–Crippen MR) is 93.6 cm³/mol. The second-order valence-corrected chi connectivity index (χ2v) is 6.66. The zero-order chi connectivity index (χ0) is 15.6. The minimum atomic E-state index is 0.590. The van der Waals surface area contributed by atoms with Crippen molar-refractivity contribution in [2.24, 2.45) is 0 Å². The molecule has 2 aromatic rings. The fourth-order valence-electron chi connectivity index (χ4n) is 3.67. The minimum Gasteiger partial charge on any atom is -0.330 e. The highest BCUT2D eigenvalue weighted by molar-refractivity contribution is 5.53. The lowest BCUT2D eigenvalue weighted by molar-refractivity contribution is 0.253.